The Kier molecular flexibility index (Phi) is 3.52. The first-order valence-electron chi connectivity index (χ1n) is 6.51. The molecule has 17 heavy (non-hydrogen) atoms. The minimum absolute atomic E-state index is 0.0247. The van der Waals surface area contributed by atoms with Crippen LogP contribution in [0.3, 0.4) is 0 Å². The first-order valence-corrected chi connectivity index (χ1v) is 6.51. The highest BCUT2D eigenvalue weighted by Crippen LogP contribution is 2.35. The largest absolute Gasteiger partial charge is 0.328 e. The lowest BCUT2D eigenvalue weighted by Crippen LogP contribution is -2.26. The van der Waals surface area contributed by atoms with Crippen molar-refractivity contribution >= 4 is 0 Å². The molecule has 4 heteroatoms. The summed E-state index contributed by atoms with van der Waals surface area (Å²) in [6.45, 7) is 4.24. The van der Waals surface area contributed by atoms with Crippen LogP contribution in [0.25, 0.3) is 0 Å². The summed E-state index contributed by atoms with van der Waals surface area (Å²) in [6.07, 6.45) is 5.23. The van der Waals surface area contributed by atoms with Gasteiger partial charge in [0, 0.05) is 24.7 Å². The molecular weight excluding hydrogens is 217 g/mol. The van der Waals surface area contributed by atoms with Crippen LogP contribution in [0.1, 0.15) is 51.3 Å². The van der Waals surface area contributed by atoms with Crippen LogP contribution in [0.5, 0.6) is 0 Å². The normalized spacial score (nSPS) is 30.7. The maximum atomic E-state index is 14.4. The molecule has 96 valence electrons. The molecule has 3 unspecified atom stereocenters. The number of rotatable bonds is 4. The maximum absolute atomic E-state index is 14.4. The summed E-state index contributed by atoms with van der Waals surface area (Å²) in [4.78, 5) is 0. The molecule has 0 saturated heterocycles. The van der Waals surface area contributed by atoms with Gasteiger partial charge in [-0.2, -0.15) is 5.10 Å². The van der Waals surface area contributed by atoms with Crippen molar-refractivity contribution < 1.29 is 4.39 Å². The zero-order chi connectivity index (χ0) is 12.5. The third-order valence-electron chi connectivity index (χ3n) is 3.80. The molecule has 0 spiro atoms. The quantitative estimate of drug-likeness (QED) is 0.877. The Morgan fingerprint density at radius 2 is 2.47 bits per heavy atom. The van der Waals surface area contributed by atoms with Gasteiger partial charge in [0.2, 0.25) is 0 Å². The third-order valence-corrected chi connectivity index (χ3v) is 3.80. The zero-order valence-corrected chi connectivity index (χ0v) is 10.7. The lowest BCUT2D eigenvalue weighted by molar-refractivity contribution is 0.168. The fourth-order valence-corrected chi connectivity index (χ4v) is 2.51. The molecule has 0 radical (unpaired) electrons. The van der Waals surface area contributed by atoms with E-state index in [2.05, 4.69) is 18.9 Å². The van der Waals surface area contributed by atoms with E-state index in [9.17, 15) is 4.39 Å². The maximum Gasteiger partial charge on any atom is 0.118 e. The second-order valence-corrected chi connectivity index (χ2v) is 5.37. The Morgan fingerprint density at radius 3 is 3.06 bits per heavy atom. The Morgan fingerprint density at radius 1 is 1.71 bits per heavy atom. The molecule has 1 aromatic heterocycles. The van der Waals surface area contributed by atoms with E-state index in [1.807, 2.05) is 16.9 Å². The van der Waals surface area contributed by atoms with Gasteiger partial charge in [0.25, 0.3) is 0 Å². The monoisotopic (exact) mass is 239 g/mol. The van der Waals surface area contributed by atoms with Gasteiger partial charge < -0.3 is 5.73 Å². The Bertz CT molecular complexity index is 376. The van der Waals surface area contributed by atoms with E-state index in [0.29, 0.717) is 25.3 Å². The molecular formula is C13H22FN3. The van der Waals surface area contributed by atoms with Gasteiger partial charge >= 0.3 is 0 Å². The molecule has 1 heterocycles. The molecule has 1 aliphatic rings. The van der Waals surface area contributed by atoms with Crippen LogP contribution >= 0.6 is 0 Å². The lowest BCUT2D eigenvalue weighted by Gasteiger charge is -2.17. The van der Waals surface area contributed by atoms with Crippen molar-refractivity contribution in [3.63, 3.8) is 0 Å². The first kappa shape index (κ1) is 12.6. The molecule has 1 fully saturated rings. The minimum Gasteiger partial charge on any atom is -0.328 e. The molecule has 3 atom stereocenters. The van der Waals surface area contributed by atoms with E-state index < -0.39 is 5.67 Å². The van der Waals surface area contributed by atoms with E-state index in [0.717, 1.165) is 18.5 Å². The average Bonchev–Trinajstić information content (AvgIpc) is 2.85. The number of alkyl halides is 1. The van der Waals surface area contributed by atoms with Gasteiger partial charge in [0.05, 0.1) is 5.69 Å². The summed E-state index contributed by atoms with van der Waals surface area (Å²) in [5.74, 6) is 0. The van der Waals surface area contributed by atoms with Crippen molar-refractivity contribution in [3.8, 4) is 0 Å². The molecule has 0 amide bonds. The summed E-state index contributed by atoms with van der Waals surface area (Å²) in [5.41, 5.74) is 5.49. The van der Waals surface area contributed by atoms with Crippen LogP contribution in [-0.4, -0.2) is 21.5 Å². The predicted octanol–water partition coefficient (Wildman–Crippen LogP) is 2.62. The molecule has 0 bridgehead atoms. The summed E-state index contributed by atoms with van der Waals surface area (Å²) in [7, 11) is 0. The van der Waals surface area contributed by atoms with Crippen LogP contribution in [0.2, 0.25) is 0 Å². The summed E-state index contributed by atoms with van der Waals surface area (Å²) in [6, 6.07) is 2.33. The van der Waals surface area contributed by atoms with Crippen LogP contribution in [0.15, 0.2) is 12.3 Å². The van der Waals surface area contributed by atoms with Gasteiger partial charge in [-0.1, -0.05) is 6.92 Å². The third kappa shape index (κ3) is 2.86. The minimum atomic E-state index is -1.13. The van der Waals surface area contributed by atoms with Gasteiger partial charge in [-0.25, -0.2) is 4.39 Å². The number of nitrogens with zero attached hydrogens (tertiary/aromatic N) is 2. The number of nitrogens with two attached hydrogens (primary N) is 1. The van der Waals surface area contributed by atoms with Crippen molar-refractivity contribution in [2.75, 3.05) is 0 Å². The Hall–Kier alpha value is -0.900. The lowest BCUT2D eigenvalue weighted by atomic mass is 9.98. The topological polar surface area (TPSA) is 43.8 Å². The highest BCUT2D eigenvalue weighted by atomic mass is 19.1. The zero-order valence-electron chi connectivity index (χ0n) is 10.7. The van der Waals surface area contributed by atoms with Crippen LogP contribution in [0, 0.1) is 0 Å². The molecule has 1 aliphatic carbocycles. The van der Waals surface area contributed by atoms with E-state index in [-0.39, 0.29) is 6.04 Å². The smallest absolute Gasteiger partial charge is 0.118 e. The van der Waals surface area contributed by atoms with Crippen LogP contribution in [0.4, 0.5) is 4.39 Å². The number of hydrogen-bond donors (Lipinski definition) is 1. The van der Waals surface area contributed by atoms with Crippen LogP contribution < -0.4 is 5.73 Å². The highest BCUT2D eigenvalue weighted by molar-refractivity contribution is 5.07. The van der Waals surface area contributed by atoms with Crippen LogP contribution in [-0.2, 0) is 6.42 Å². The molecule has 2 N–H and O–H groups in total. The van der Waals surface area contributed by atoms with Crippen molar-refractivity contribution in [3.05, 3.63) is 18.0 Å². The van der Waals surface area contributed by atoms with Gasteiger partial charge in [0.15, 0.2) is 0 Å². The van der Waals surface area contributed by atoms with E-state index in [4.69, 9.17) is 5.73 Å². The van der Waals surface area contributed by atoms with E-state index in [1.165, 1.54) is 0 Å². The first-order chi connectivity index (χ1) is 8.02. The molecule has 0 aliphatic heterocycles. The average molecular weight is 239 g/mol. The predicted molar refractivity (Wildman–Crippen MR) is 66.6 cm³/mol. The summed E-state index contributed by atoms with van der Waals surface area (Å²) in [5, 5.41) is 4.45. The molecule has 0 aromatic carbocycles. The Labute approximate surface area is 102 Å². The van der Waals surface area contributed by atoms with E-state index in [1.54, 1.807) is 0 Å². The fourth-order valence-electron chi connectivity index (χ4n) is 2.51. The summed E-state index contributed by atoms with van der Waals surface area (Å²) < 4.78 is 16.3. The molecule has 2 rings (SSSR count). The number of halogens is 1. The SMILES string of the molecule is CCC(C)n1ccc(CC2(F)CCC(N)C2)n1. The molecule has 1 saturated carbocycles. The van der Waals surface area contributed by atoms with Gasteiger partial charge in [-0.3, -0.25) is 4.68 Å². The van der Waals surface area contributed by atoms with E-state index >= 15 is 0 Å². The molecule has 1 aromatic rings. The second kappa shape index (κ2) is 4.77. The highest BCUT2D eigenvalue weighted by Gasteiger charge is 2.38. The van der Waals surface area contributed by atoms with Gasteiger partial charge in [-0.15, -0.1) is 0 Å². The number of hydrogen-bond acceptors (Lipinski definition) is 2. The van der Waals surface area contributed by atoms with Crippen molar-refractivity contribution in [1.29, 1.82) is 0 Å². The standard InChI is InChI=1S/C13H22FN3/c1-3-10(2)17-7-5-12(16-17)9-13(14)6-4-11(15)8-13/h5,7,10-11H,3-4,6,8-9,15H2,1-2H3. The van der Waals surface area contributed by atoms with Crippen molar-refractivity contribution in [1.82, 2.24) is 9.78 Å². The van der Waals surface area contributed by atoms with Crippen molar-refractivity contribution in [2.45, 2.75) is 63.7 Å². The Balaban J connectivity index is 2.02. The van der Waals surface area contributed by atoms with Gasteiger partial charge in [0.1, 0.15) is 5.67 Å². The van der Waals surface area contributed by atoms with Gasteiger partial charge in [-0.05, 0) is 38.7 Å². The second-order valence-electron chi connectivity index (χ2n) is 5.37. The van der Waals surface area contributed by atoms with Crippen molar-refractivity contribution in [2.24, 2.45) is 5.73 Å². The fraction of sp³-hybridized carbons (Fsp3) is 0.769. The molecule has 3 nitrogen and oxygen atoms in total. The summed E-state index contributed by atoms with van der Waals surface area (Å²) >= 11 is 0. The number of aromatic nitrogens is 2.